The third-order valence-electron chi connectivity index (χ3n) is 1.96. The molecule has 1 amide bonds. The number of amides is 1. The molecule has 0 radical (unpaired) electrons. The molecule has 0 aliphatic rings. The number of carbonyl (C=O) groups excluding carboxylic acids is 1. The van der Waals surface area contributed by atoms with Crippen LogP contribution in [0.1, 0.15) is 34.1 Å². The fourth-order valence-electron chi connectivity index (χ4n) is 0.734. The molecule has 0 rings (SSSR count). The Morgan fingerprint density at radius 1 is 1.29 bits per heavy atom. The number of ether oxygens (including phenoxy) is 1. The van der Waals surface area contributed by atoms with Crippen molar-refractivity contribution in [2.24, 2.45) is 16.9 Å². The minimum atomic E-state index is -1.06. The summed E-state index contributed by atoms with van der Waals surface area (Å²) >= 11 is 0. The van der Waals surface area contributed by atoms with Gasteiger partial charge in [-0.25, -0.2) is 0 Å². The van der Waals surface area contributed by atoms with Crippen molar-refractivity contribution in [2.75, 3.05) is 13.2 Å². The number of hydrogen-bond donors (Lipinski definition) is 2. The highest BCUT2D eigenvalue weighted by Crippen LogP contribution is 2.18. The predicted molar refractivity (Wildman–Crippen MR) is 56.7 cm³/mol. The van der Waals surface area contributed by atoms with E-state index in [1.807, 2.05) is 0 Å². The summed E-state index contributed by atoms with van der Waals surface area (Å²) in [7, 11) is 0. The van der Waals surface area contributed by atoms with Crippen molar-refractivity contribution in [3.05, 3.63) is 0 Å². The van der Waals surface area contributed by atoms with Crippen LogP contribution in [0.25, 0.3) is 0 Å². The molecule has 1 unspecified atom stereocenters. The molecule has 0 saturated heterocycles. The summed E-state index contributed by atoms with van der Waals surface area (Å²) in [6.07, 6.45) is 0.932. The highest BCUT2D eigenvalue weighted by Gasteiger charge is 2.25. The molecule has 0 aliphatic carbocycles. The first-order valence-corrected chi connectivity index (χ1v) is 4.82. The quantitative estimate of drug-likeness (QED) is 0.642. The van der Waals surface area contributed by atoms with Gasteiger partial charge in [0.05, 0.1) is 6.61 Å². The Labute approximate surface area is 86.0 Å². The number of hydrogen-bond acceptors (Lipinski definition) is 3. The first-order valence-electron chi connectivity index (χ1n) is 4.82. The molecule has 0 aromatic rings. The van der Waals surface area contributed by atoms with Crippen LogP contribution in [0.4, 0.5) is 0 Å². The van der Waals surface area contributed by atoms with E-state index in [-0.39, 0.29) is 12.0 Å². The normalized spacial score (nSPS) is 16.4. The Kier molecular flexibility index (Phi) is 4.55. The molecule has 1 atom stereocenters. The van der Waals surface area contributed by atoms with E-state index in [4.69, 9.17) is 16.2 Å². The second-order valence-corrected chi connectivity index (χ2v) is 5.14. The molecule has 0 fully saturated rings. The highest BCUT2D eigenvalue weighted by atomic mass is 16.5. The maximum atomic E-state index is 10.8. The summed E-state index contributed by atoms with van der Waals surface area (Å²) in [5, 5.41) is 0. The molecule has 0 bridgehead atoms. The summed E-state index contributed by atoms with van der Waals surface area (Å²) in [5.41, 5.74) is 9.88. The van der Waals surface area contributed by atoms with E-state index < -0.39 is 11.4 Å². The van der Waals surface area contributed by atoms with Crippen LogP contribution in [-0.2, 0) is 9.53 Å². The van der Waals surface area contributed by atoms with Crippen molar-refractivity contribution >= 4 is 5.91 Å². The number of rotatable bonds is 5. The molecule has 4 heteroatoms. The zero-order valence-electron chi connectivity index (χ0n) is 9.59. The van der Waals surface area contributed by atoms with Crippen LogP contribution in [-0.4, -0.2) is 24.7 Å². The molecule has 0 heterocycles. The first kappa shape index (κ1) is 13.4. The molecule has 0 saturated carbocycles. The Balaban J connectivity index is 3.70. The molecule has 4 N–H and O–H groups in total. The zero-order chi connectivity index (χ0) is 11.4. The summed E-state index contributed by atoms with van der Waals surface area (Å²) in [6.45, 7) is 8.75. The SMILES string of the molecule is CC(C)(C)CCOCC(C)(N)C(N)=O. The summed E-state index contributed by atoms with van der Waals surface area (Å²) in [6, 6.07) is 0. The average molecular weight is 202 g/mol. The van der Waals surface area contributed by atoms with Gasteiger partial charge in [0, 0.05) is 6.61 Å². The van der Waals surface area contributed by atoms with E-state index in [1.165, 1.54) is 0 Å². The van der Waals surface area contributed by atoms with Crippen LogP contribution in [0.15, 0.2) is 0 Å². The van der Waals surface area contributed by atoms with Gasteiger partial charge in [-0.2, -0.15) is 0 Å². The lowest BCUT2D eigenvalue weighted by Crippen LogP contribution is -2.53. The van der Waals surface area contributed by atoms with Gasteiger partial charge in [0.25, 0.3) is 0 Å². The van der Waals surface area contributed by atoms with Gasteiger partial charge in [0.15, 0.2) is 0 Å². The molecule has 4 nitrogen and oxygen atoms in total. The lowest BCUT2D eigenvalue weighted by Gasteiger charge is -2.22. The van der Waals surface area contributed by atoms with E-state index in [0.29, 0.717) is 6.61 Å². The number of carbonyl (C=O) groups is 1. The van der Waals surface area contributed by atoms with Crippen molar-refractivity contribution in [1.29, 1.82) is 0 Å². The Morgan fingerprint density at radius 2 is 1.79 bits per heavy atom. The monoisotopic (exact) mass is 202 g/mol. The van der Waals surface area contributed by atoms with Gasteiger partial charge in [-0.3, -0.25) is 4.79 Å². The lowest BCUT2D eigenvalue weighted by molar-refractivity contribution is -0.124. The number of primary amides is 1. The van der Waals surface area contributed by atoms with E-state index in [2.05, 4.69) is 20.8 Å². The van der Waals surface area contributed by atoms with E-state index in [0.717, 1.165) is 6.42 Å². The molecular formula is C10H22N2O2. The van der Waals surface area contributed by atoms with Gasteiger partial charge in [-0.15, -0.1) is 0 Å². The number of nitrogens with two attached hydrogens (primary N) is 2. The standard InChI is InChI=1S/C10H22N2O2/c1-9(2,3)5-6-14-7-10(4,12)8(11)13/h5-7,12H2,1-4H3,(H2,11,13). The van der Waals surface area contributed by atoms with E-state index in [1.54, 1.807) is 6.92 Å². The summed E-state index contributed by atoms with van der Waals surface area (Å²) in [5.74, 6) is -0.534. The molecule has 14 heavy (non-hydrogen) atoms. The third-order valence-corrected chi connectivity index (χ3v) is 1.96. The maximum absolute atomic E-state index is 10.8. The minimum absolute atomic E-state index is 0.179. The van der Waals surface area contributed by atoms with Gasteiger partial charge in [0.2, 0.25) is 5.91 Å². The third kappa shape index (κ3) is 5.94. The van der Waals surface area contributed by atoms with Gasteiger partial charge >= 0.3 is 0 Å². The van der Waals surface area contributed by atoms with Crippen LogP contribution in [0, 0.1) is 5.41 Å². The molecule has 0 aliphatic heterocycles. The first-order chi connectivity index (χ1) is 6.15. The largest absolute Gasteiger partial charge is 0.379 e. The van der Waals surface area contributed by atoms with Gasteiger partial charge < -0.3 is 16.2 Å². The lowest BCUT2D eigenvalue weighted by atomic mass is 9.93. The van der Waals surface area contributed by atoms with Crippen molar-refractivity contribution < 1.29 is 9.53 Å². The Hall–Kier alpha value is -0.610. The molecular weight excluding hydrogens is 180 g/mol. The predicted octanol–water partition coefficient (Wildman–Crippen LogP) is 0.642. The second-order valence-electron chi connectivity index (χ2n) is 5.14. The molecule has 0 aromatic carbocycles. The van der Waals surface area contributed by atoms with Crippen LogP contribution in [0.5, 0.6) is 0 Å². The van der Waals surface area contributed by atoms with Crippen LogP contribution in [0.3, 0.4) is 0 Å². The Morgan fingerprint density at radius 3 is 2.14 bits per heavy atom. The highest BCUT2D eigenvalue weighted by molar-refractivity contribution is 5.83. The topological polar surface area (TPSA) is 78.3 Å². The maximum Gasteiger partial charge on any atom is 0.239 e. The van der Waals surface area contributed by atoms with Gasteiger partial charge in [-0.05, 0) is 18.8 Å². The van der Waals surface area contributed by atoms with Crippen molar-refractivity contribution in [3.63, 3.8) is 0 Å². The molecule has 0 aromatic heterocycles. The summed E-state index contributed by atoms with van der Waals surface area (Å²) in [4.78, 5) is 10.8. The van der Waals surface area contributed by atoms with Crippen LogP contribution >= 0.6 is 0 Å². The minimum Gasteiger partial charge on any atom is -0.379 e. The molecule has 84 valence electrons. The van der Waals surface area contributed by atoms with Crippen molar-refractivity contribution in [2.45, 2.75) is 39.7 Å². The molecule has 0 spiro atoms. The fraction of sp³-hybridized carbons (Fsp3) is 0.900. The van der Waals surface area contributed by atoms with Crippen LogP contribution in [0.2, 0.25) is 0 Å². The second kappa shape index (κ2) is 4.75. The van der Waals surface area contributed by atoms with E-state index in [9.17, 15) is 4.79 Å². The van der Waals surface area contributed by atoms with Crippen LogP contribution < -0.4 is 11.5 Å². The summed E-state index contributed by atoms with van der Waals surface area (Å²) < 4.78 is 5.31. The van der Waals surface area contributed by atoms with Gasteiger partial charge in [-0.1, -0.05) is 20.8 Å². The van der Waals surface area contributed by atoms with E-state index >= 15 is 0 Å². The smallest absolute Gasteiger partial charge is 0.239 e. The zero-order valence-corrected chi connectivity index (χ0v) is 9.59. The Bertz CT molecular complexity index is 195. The van der Waals surface area contributed by atoms with Crippen molar-refractivity contribution in [1.82, 2.24) is 0 Å². The van der Waals surface area contributed by atoms with Gasteiger partial charge in [0.1, 0.15) is 5.54 Å². The fourth-order valence-corrected chi connectivity index (χ4v) is 0.734. The average Bonchev–Trinajstić information content (AvgIpc) is 1.96. The van der Waals surface area contributed by atoms with Crippen molar-refractivity contribution in [3.8, 4) is 0 Å².